The van der Waals surface area contributed by atoms with Crippen molar-refractivity contribution < 1.29 is 28.7 Å². The van der Waals surface area contributed by atoms with Crippen LogP contribution in [0.2, 0.25) is 0 Å². The molecular formula is C21H19NO7. The van der Waals surface area contributed by atoms with Crippen molar-refractivity contribution in [3.63, 3.8) is 0 Å². The van der Waals surface area contributed by atoms with E-state index in [1.54, 1.807) is 6.07 Å². The van der Waals surface area contributed by atoms with Gasteiger partial charge in [-0.05, 0) is 43.4 Å². The average Bonchev–Trinajstić information content (AvgIpc) is 3.19. The van der Waals surface area contributed by atoms with Crippen molar-refractivity contribution in [2.45, 2.75) is 32.3 Å². The van der Waals surface area contributed by atoms with Crippen LogP contribution in [0.15, 0.2) is 30.3 Å². The Morgan fingerprint density at radius 2 is 1.76 bits per heavy atom. The quantitative estimate of drug-likeness (QED) is 0.330. The highest BCUT2D eigenvalue weighted by atomic mass is 16.6. The molecule has 2 aromatic rings. The molecule has 1 atom stereocenters. The summed E-state index contributed by atoms with van der Waals surface area (Å²) in [6.07, 6.45) is 1.90. The molecule has 0 saturated carbocycles. The molecule has 0 radical (unpaired) electrons. The normalized spacial score (nSPS) is 15.3. The summed E-state index contributed by atoms with van der Waals surface area (Å²) in [4.78, 5) is 36.0. The number of carbonyl (C=O) groups is 2. The van der Waals surface area contributed by atoms with Crippen molar-refractivity contribution in [1.29, 1.82) is 0 Å². The molecule has 0 N–H and O–H groups in total. The summed E-state index contributed by atoms with van der Waals surface area (Å²) in [6, 6.07) is 7.85. The van der Waals surface area contributed by atoms with Crippen molar-refractivity contribution in [3.8, 4) is 11.5 Å². The van der Waals surface area contributed by atoms with E-state index in [1.807, 2.05) is 12.1 Å². The Morgan fingerprint density at radius 3 is 2.48 bits per heavy atom. The number of benzene rings is 2. The van der Waals surface area contributed by atoms with Gasteiger partial charge in [-0.25, -0.2) is 4.79 Å². The molecule has 0 amide bonds. The third-order valence-corrected chi connectivity index (χ3v) is 5.11. The topological polar surface area (TPSA) is 105 Å². The molecule has 150 valence electrons. The number of fused-ring (bicyclic) bond motifs is 2. The number of Topliss-reactive ketones (excluding diaryl/α,β-unsaturated/α-hetero) is 1. The van der Waals surface area contributed by atoms with E-state index in [-0.39, 0.29) is 36.1 Å². The first-order valence-corrected chi connectivity index (χ1v) is 9.39. The number of esters is 1. The Morgan fingerprint density at radius 1 is 1.07 bits per heavy atom. The predicted molar refractivity (Wildman–Crippen MR) is 102 cm³/mol. The van der Waals surface area contributed by atoms with Gasteiger partial charge < -0.3 is 14.2 Å². The molecule has 0 fully saturated rings. The Balaban J connectivity index is 1.55. The molecule has 4 rings (SSSR count). The second-order valence-electron chi connectivity index (χ2n) is 7.02. The lowest BCUT2D eigenvalue weighted by Crippen LogP contribution is -2.25. The summed E-state index contributed by atoms with van der Waals surface area (Å²) in [6.45, 7) is 1.99. The smallest absolute Gasteiger partial charge is 0.346 e. The minimum atomic E-state index is -1.09. The molecule has 0 aromatic heterocycles. The van der Waals surface area contributed by atoms with Crippen LogP contribution in [-0.2, 0) is 17.6 Å². The van der Waals surface area contributed by atoms with Crippen LogP contribution in [0.4, 0.5) is 5.69 Å². The third-order valence-electron chi connectivity index (χ3n) is 5.11. The van der Waals surface area contributed by atoms with Crippen LogP contribution in [0.25, 0.3) is 0 Å². The molecule has 0 saturated heterocycles. The summed E-state index contributed by atoms with van der Waals surface area (Å²) in [7, 11) is 0. The molecule has 0 unspecified atom stereocenters. The number of hydrogen-bond donors (Lipinski definition) is 0. The average molecular weight is 397 g/mol. The lowest BCUT2D eigenvalue weighted by atomic mass is 10.0. The van der Waals surface area contributed by atoms with Crippen LogP contribution in [-0.4, -0.2) is 36.0 Å². The molecule has 1 heterocycles. The highest BCUT2D eigenvalue weighted by molar-refractivity contribution is 6.02. The maximum Gasteiger partial charge on any atom is 0.346 e. The van der Waals surface area contributed by atoms with E-state index >= 15 is 0 Å². The number of aryl methyl sites for hydroxylation is 2. The van der Waals surface area contributed by atoms with Crippen LogP contribution in [0.5, 0.6) is 11.5 Å². The van der Waals surface area contributed by atoms with Crippen LogP contribution >= 0.6 is 0 Å². The molecule has 0 bridgehead atoms. The summed E-state index contributed by atoms with van der Waals surface area (Å²) in [5, 5.41) is 11.4. The maximum absolute atomic E-state index is 12.7. The van der Waals surface area contributed by atoms with Crippen molar-refractivity contribution in [3.05, 3.63) is 62.7 Å². The molecule has 8 heteroatoms. The van der Waals surface area contributed by atoms with Gasteiger partial charge in [0.1, 0.15) is 18.8 Å². The number of carbonyl (C=O) groups excluding carboxylic acids is 2. The van der Waals surface area contributed by atoms with Gasteiger partial charge in [-0.15, -0.1) is 0 Å². The van der Waals surface area contributed by atoms with Gasteiger partial charge >= 0.3 is 5.97 Å². The van der Waals surface area contributed by atoms with Gasteiger partial charge in [-0.1, -0.05) is 12.1 Å². The zero-order chi connectivity index (χ0) is 20.5. The molecule has 8 nitrogen and oxygen atoms in total. The van der Waals surface area contributed by atoms with E-state index in [0.717, 1.165) is 30.9 Å². The highest BCUT2D eigenvalue weighted by Crippen LogP contribution is 2.37. The number of ketones is 1. The van der Waals surface area contributed by atoms with Crippen LogP contribution in [0.3, 0.4) is 0 Å². The minimum Gasteiger partial charge on any atom is -0.486 e. The van der Waals surface area contributed by atoms with Crippen LogP contribution in [0, 0.1) is 10.1 Å². The number of nitro benzene ring substituents is 1. The second kappa shape index (κ2) is 7.54. The molecular weight excluding hydrogens is 378 g/mol. The Hall–Kier alpha value is -3.42. The fourth-order valence-corrected chi connectivity index (χ4v) is 3.63. The standard InChI is InChI=1S/C21H19NO7/c1-12(20(23)15-6-5-13-3-2-4-14(13)9-15)29-21(24)16-10-18-19(28-8-7-27-18)11-17(16)22(25)26/h5-6,9-12H,2-4,7-8H2,1H3/t12-/m1/s1. The van der Waals surface area contributed by atoms with Crippen molar-refractivity contribution in [2.24, 2.45) is 0 Å². The summed E-state index contributed by atoms with van der Waals surface area (Å²) >= 11 is 0. The van der Waals surface area contributed by atoms with Gasteiger partial charge in [0.25, 0.3) is 5.69 Å². The Labute approximate surface area is 166 Å². The van der Waals surface area contributed by atoms with E-state index in [1.165, 1.54) is 18.6 Å². The maximum atomic E-state index is 12.7. The molecule has 29 heavy (non-hydrogen) atoms. The first-order chi connectivity index (χ1) is 13.9. The lowest BCUT2D eigenvalue weighted by molar-refractivity contribution is -0.385. The number of nitro groups is 1. The number of ether oxygens (including phenoxy) is 3. The third kappa shape index (κ3) is 3.65. The fourth-order valence-electron chi connectivity index (χ4n) is 3.63. The van der Waals surface area contributed by atoms with Gasteiger partial charge in [-0.3, -0.25) is 14.9 Å². The van der Waals surface area contributed by atoms with E-state index in [2.05, 4.69) is 0 Å². The highest BCUT2D eigenvalue weighted by Gasteiger charge is 2.30. The zero-order valence-electron chi connectivity index (χ0n) is 15.8. The predicted octanol–water partition coefficient (Wildman–Crippen LogP) is 3.28. The number of rotatable bonds is 5. The molecule has 1 aliphatic carbocycles. The van der Waals surface area contributed by atoms with Gasteiger partial charge in [-0.2, -0.15) is 0 Å². The molecule has 1 aliphatic heterocycles. The van der Waals surface area contributed by atoms with Gasteiger partial charge in [0.2, 0.25) is 5.78 Å². The van der Waals surface area contributed by atoms with Gasteiger partial charge in [0.15, 0.2) is 17.6 Å². The molecule has 2 aromatic carbocycles. The monoisotopic (exact) mass is 397 g/mol. The number of nitrogens with zero attached hydrogens (tertiary/aromatic N) is 1. The van der Waals surface area contributed by atoms with E-state index < -0.39 is 22.7 Å². The summed E-state index contributed by atoms with van der Waals surface area (Å²) in [5.74, 6) is -0.892. The number of hydrogen-bond acceptors (Lipinski definition) is 7. The zero-order valence-corrected chi connectivity index (χ0v) is 15.8. The molecule has 0 spiro atoms. The summed E-state index contributed by atoms with van der Waals surface area (Å²) < 4.78 is 16.0. The largest absolute Gasteiger partial charge is 0.486 e. The first-order valence-electron chi connectivity index (χ1n) is 9.39. The SMILES string of the molecule is C[C@@H](OC(=O)c1cc2c(cc1[N+](=O)[O-])OCCO2)C(=O)c1ccc2c(c1)CCC2. The van der Waals surface area contributed by atoms with Crippen molar-refractivity contribution in [1.82, 2.24) is 0 Å². The lowest BCUT2D eigenvalue weighted by Gasteiger charge is -2.19. The molecule has 2 aliphatic rings. The first kappa shape index (κ1) is 18.9. The van der Waals surface area contributed by atoms with Gasteiger partial charge in [0.05, 0.1) is 11.0 Å². The van der Waals surface area contributed by atoms with Crippen LogP contribution in [0.1, 0.15) is 45.2 Å². The van der Waals surface area contributed by atoms with E-state index in [0.29, 0.717) is 5.56 Å². The summed E-state index contributed by atoms with van der Waals surface area (Å²) in [5.41, 5.74) is 2.09. The van der Waals surface area contributed by atoms with E-state index in [9.17, 15) is 19.7 Å². The Bertz CT molecular complexity index is 1010. The van der Waals surface area contributed by atoms with Crippen molar-refractivity contribution >= 4 is 17.4 Å². The van der Waals surface area contributed by atoms with Crippen LogP contribution < -0.4 is 9.47 Å². The van der Waals surface area contributed by atoms with Gasteiger partial charge in [0, 0.05) is 11.6 Å². The van der Waals surface area contributed by atoms with E-state index in [4.69, 9.17) is 14.2 Å². The fraction of sp³-hybridized carbons (Fsp3) is 0.333. The second-order valence-corrected chi connectivity index (χ2v) is 7.02. The Kier molecular flexibility index (Phi) is 4.92. The van der Waals surface area contributed by atoms with Crippen molar-refractivity contribution in [2.75, 3.05) is 13.2 Å². The minimum absolute atomic E-state index is 0.196.